The number of fused-ring (bicyclic) bond motifs is 3. The lowest BCUT2D eigenvalue weighted by molar-refractivity contribution is -0.113. The van der Waals surface area contributed by atoms with E-state index in [1.54, 1.807) is 28.9 Å². The third-order valence-electron chi connectivity index (χ3n) is 4.89. The standard InChI is InChI=1S/C20H18Cl2N4O2S2/c1-3-7-26-19(28)15-11-5-4-6-13(11)30-18(15)25-20(26)29-9-14(27)24-17-16(22)10(2)12(21)8-23-17/h3,8H,1,4-7,9H2,2H3,(H,23,24,27). The molecule has 4 rings (SSSR count). The van der Waals surface area contributed by atoms with Gasteiger partial charge in [-0.25, -0.2) is 9.97 Å². The predicted molar refractivity (Wildman–Crippen MR) is 124 cm³/mol. The van der Waals surface area contributed by atoms with Crippen molar-refractivity contribution in [3.8, 4) is 0 Å². The van der Waals surface area contributed by atoms with Gasteiger partial charge in [-0.05, 0) is 37.3 Å². The number of thioether (sulfide) groups is 1. The molecule has 1 aliphatic carbocycles. The molecular weight excluding hydrogens is 463 g/mol. The van der Waals surface area contributed by atoms with E-state index in [0.717, 1.165) is 35.0 Å². The predicted octanol–water partition coefficient (Wildman–Crippen LogP) is 4.87. The highest BCUT2D eigenvalue weighted by atomic mass is 35.5. The number of hydrogen-bond acceptors (Lipinski definition) is 6. The van der Waals surface area contributed by atoms with Crippen molar-refractivity contribution in [2.24, 2.45) is 0 Å². The Balaban J connectivity index is 1.58. The van der Waals surface area contributed by atoms with Gasteiger partial charge in [0.05, 0.1) is 21.2 Å². The number of hydrogen-bond donors (Lipinski definition) is 1. The first-order valence-corrected chi connectivity index (χ1v) is 11.9. The van der Waals surface area contributed by atoms with Crippen molar-refractivity contribution in [2.75, 3.05) is 11.1 Å². The molecule has 1 N–H and O–H groups in total. The Bertz CT molecular complexity index is 1240. The quantitative estimate of drug-likeness (QED) is 0.309. The molecule has 0 fully saturated rings. The molecule has 156 valence electrons. The molecule has 3 heterocycles. The van der Waals surface area contributed by atoms with Gasteiger partial charge in [-0.15, -0.1) is 17.9 Å². The number of allylic oxidation sites excluding steroid dienone is 1. The normalized spacial score (nSPS) is 12.9. The van der Waals surface area contributed by atoms with Crippen LogP contribution in [-0.4, -0.2) is 26.2 Å². The molecule has 3 aromatic rings. The summed E-state index contributed by atoms with van der Waals surface area (Å²) < 4.78 is 1.58. The van der Waals surface area contributed by atoms with Crippen LogP contribution in [0.3, 0.4) is 0 Å². The first-order chi connectivity index (χ1) is 14.4. The summed E-state index contributed by atoms with van der Waals surface area (Å²) in [6.45, 7) is 5.83. The van der Waals surface area contributed by atoms with Crippen molar-refractivity contribution in [3.63, 3.8) is 0 Å². The van der Waals surface area contributed by atoms with Crippen LogP contribution in [0.1, 0.15) is 22.4 Å². The van der Waals surface area contributed by atoms with Crippen molar-refractivity contribution < 1.29 is 4.79 Å². The number of anilines is 1. The summed E-state index contributed by atoms with van der Waals surface area (Å²) in [5.74, 6) is 0.00916. The van der Waals surface area contributed by atoms with E-state index in [-0.39, 0.29) is 23.0 Å². The van der Waals surface area contributed by atoms with Crippen molar-refractivity contribution >= 4 is 68.2 Å². The first-order valence-electron chi connectivity index (χ1n) is 9.30. The molecule has 0 saturated carbocycles. The van der Waals surface area contributed by atoms with Gasteiger partial charge in [0, 0.05) is 17.6 Å². The monoisotopic (exact) mass is 480 g/mol. The summed E-state index contributed by atoms with van der Waals surface area (Å²) >= 11 is 15.0. The fraction of sp³-hybridized carbons (Fsp3) is 0.300. The Labute approximate surface area is 191 Å². The Morgan fingerprint density at radius 2 is 2.23 bits per heavy atom. The first kappa shape index (κ1) is 21.4. The number of amides is 1. The molecule has 0 atom stereocenters. The second-order valence-electron chi connectivity index (χ2n) is 6.87. The number of carbonyl (C=O) groups excluding carboxylic acids is 1. The maximum atomic E-state index is 13.1. The van der Waals surface area contributed by atoms with Crippen molar-refractivity contribution in [3.05, 3.63) is 55.3 Å². The van der Waals surface area contributed by atoms with Gasteiger partial charge in [0.1, 0.15) is 4.83 Å². The lowest BCUT2D eigenvalue weighted by Crippen LogP contribution is -2.24. The summed E-state index contributed by atoms with van der Waals surface area (Å²) in [4.78, 5) is 36.4. The largest absolute Gasteiger partial charge is 0.309 e. The van der Waals surface area contributed by atoms with Crippen LogP contribution in [0.5, 0.6) is 0 Å². The van der Waals surface area contributed by atoms with Crippen LogP contribution in [-0.2, 0) is 24.2 Å². The van der Waals surface area contributed by atoms with Crippen LogP contribution in [0.15, 0.2) is 28.8 Å². The van der Waals surface area contributed by atoms with Crippen molar-refractivity contribution in [1.82, 2.24) is 14.5 Å². The molecule has 1 amide bonds. The number of nitrogens with zero attached hydrogens (tertiary/aromatic N) is 3. The SMILES string of the molecule is C=CCn1c(SCC(=O)Nc2ncc(Cl)c(C)c2Cl)nc2sc3c(c2c1=O)CCC3. The van der Waals surface area contributed by atoms with E-state index in [1.807, 2.05) is 0 Å². The maximum absolute atomic E-state index is 13.1. The second-order valence-corrected chi connectivity index (χ2v) is 9.68. The molecule has 0 bridgehead atoms. The smallest absolute Gasteiger partial charge is 0.263 e. The Hall–Kier alpha value is -1.87. The van der Waals surface area contributed by atoms with Crippen LogP contribution >= 0.6 is 46.3 Å². The average Bonchev–Trinajstić information content (AvgIpc) is 3.30. The van der Waals surface area contributed by atoms with Crippen molar-refractivity contribution in [2.45, 2.75) is 37.9 Å². The molecule has 0 unspecified atom stereocenters. The zero-order valence-electron chi connectivity index (χ0n) is 16.1. The van der Waals surface area contributed by atoms with E-state index in [9.17, 15) is 9.59 Å². The van der Waals surface area contributed by atoms with Gasteiger partial charge in [0.2, 0.25) is 5.91 Å². The Kier molecular flexibility index (Phi) is 6.20. The molecule has 0 spiro atoms. The molecule has 0 radical (unpaired) electrons. The van der Waals surface area contributed by atoms with Gasteiger partial charge in [-0.1, -0.05) is 41.0 Å². The highest BCUT2D eigenvalue weighted by Gasteiger charge is 2.23. The fourth-order valence-corrected chi connectivity index (χ4v) is 5.90. The fourth-order valence-electron chi connectivity index (χ4n) is 3.40. The van der Waals surface area contributed by atoms with E-state index in [0.29, 0.717) is 27.3 Å². The molecule has 0 aromatic carbocycles. The molecule has 30 heavy (non-hydrogen) atoms. The van der Waals surface area contributed by atoms with Gasteiger partial charge in [-0.3, -0.25) is 14.2 Å². The summed E-state index contributed by atoms with van der Waals surface area (Å²) in [5.41, 5.74) is 1.72. The Morgan fingerprint density at radius 3 is 3.00 bits per heavy atom. The minimum absolute atomic E-state index is 0.0554. The number of nitrogens with one attached hydrogen (secondary N) is 1. The molecule has 10 heteroatoms. The zero-order valence-corrected chi connectivity index (χ0v) is 19.3. The molecular formula is C20H18Cl2N4O2S2. The third kappa shape index (κ3) is 3.89. The molecule has 3 aromatic heterocycles. The van der Waals surface area contributed by atoms with Gasteiger partial charge >= 0.3 is 0 Å². The van der Waals surface area contributed by atoms with Gasteiger partial charge in [0.15, 0.2) is 11.0 Å². The number of pyridine rings is 1. The Morgan fingerprint density at radius 1 is 1.43 bits per heavy atom. The van der Waals surface area contributed by atoms with Crippen LogP contribution in [0.4, 0.5) is 5.82 Å². The maximum Gasteiger partial charge on any atom is 0.263 e. The van der Waals surface area contributed by atoms with E-state index in [2.05, 4.69) is 16.9 Å². The number of aryl methyl sites for hydroxylation is 2. The number of aromatic nitrogens is 3. The highest BCUT2D eigenvalue weighted by Crippen LogP contribution is 2.35. The van der Waals surface area contributed by atoms with Crippen LogP contribution in [0, 0.1) is 6.92 Å². The molecule has 1 aliphatic rings. The number of rotatable bonds is 6. The molecule has 0 aliphatic heterocycles. The van der Waals surface area contributed by atoms with Gasteiger partial charge in [-0.2, -0.15) is 0 Å². The van der Waals surface area contributed by atoms with Crippen LogP contribution < -0.4 is 10.9 Å². The topological polar surface area (TPSA) is 76.9 Å². The zero-order chi connectivity index (χ0) is 21.4. The number of halogens is 2. The summed E-state index contributed by atoms with van der Waals surface area (Å²) in [7, 11) is 0. The number of carbonyl (C=O) groups is 1. The lowest BCUT2D eigenvalue weighted by atomic mass is 10.2. The molecule has 0 saturated heterocycles. The minimum Gasteiger partial charge on any atom is -0.309 e. The van der Waals surface area contributed by atoms with Gasteiger partial charge < -0.3 is 5.32 Å². The van der Waals surface area contributed by atoms with E-state index in [1.165, 1.54) is 22.8 Å². The summed E-state index contributed by atoms with van der Waals surface area (Å²) in [6.07, 6.45) is 6.10. The number of thiophene rings is 1. The van der Waals surface area contributed by atoms with E-state index >= 15 is 0 Å². The van der Waals surface area contributed by atoms with E-state index < -0.39 is 0 Å². The van der Waals surface area contributed by atoms with Crippen LogP contribution in [0.2, 0.25) is 10.0 Å². The summed E-state index contributed by atoms with van der Waals surface area (Å²) in [5, 5.41) is 4.64. The average molecular weight is 481 g/mol. The minimum atomic E-state index is -0.302. The van der Waals surface area contributed by atoms with E-state index in [4.69, 9.17) is 28.2 Å². The lowest BCUT2D eigenvalue weighted by Gasteiger charge is -2.11. The summed E-state index contributed by atoms with van der Waals surface area (Å²) in [6, 6.07) is 0. The highest BCUT2D eigenvalue weighted by molar-refractivity contribution is 7.99. The second kappa shape index (κ2) is 8.70. The third-order valence-corrected chi connectivity index (χ3v) is 7.90. The van der Waals surface area contributed by atoms with Crippen LogP contribution in [0.25, 0.3) is 10.2 Å². The van der Waals surface area contributed by atoms with Gasteiger partial charge in [0.25, 0.3) is 5.56 Å². The molecule has 6 nitrogen and oxygen atoms in total. The van der Waals surface area contributed by atoms with Crippen molar-refractivity contribution in [1.29, 1.82) is 0 Å².